The molecule has 3 N–H and O–H groups in total. The third kappa shape index (κ3) is 13.6. The van der Waals surface area contributed by atoms with Gasteiger partial charge in [0.05, 0.1) is 0 Å². The third-order valence-electron chi connectivity index (χ3n) is 2.52. The highest BCUT2D eigenvalue weighted by molar-refractivity contribution is 5.67. The topological polar surface area (TPSA) is 88.7 Å². The molecule has 1 rings (SSSR count). The SMILES string of the molecule is CC(C)(C)OC(=O)NNC1CCNCC1.CC(C)(C)OC=O. The highest BCUT2D eigenvalue weighted by Crippen LogP contribution is 2.06. The Balaban J connectivity index is 0.000000534. The maximum absolute atomic E-state index is 11.3. The maximum Gasteiger partial charge on any atom is 0.422 e. The molecule has 1 fully saturated rings. The van der Waals surface area contributed by atoms with Crippen LogP contribution in [-0.2, 0) is 14.3 Å². The molecule has 0 spiro atoms. The average Bonchev–Trinajstić information content (AvgIpc) is 2.35. The molecule has 7 nitrogen and oxygen atoms in total. The summed E-state index contributed by atoms with van der Waals surface area (Å²) in [5.74, 6) is 0. The Kier molecular flexibility index (Phi) is 9.04. The van der Waals surface area contributed by atoms with Crippen molar-refractivity contribution in [2.24, 2.45) is 0 Å². The molecule has 0 radical (unpaired) electrons. The first-order chi connectivity index (χ1) is 10.0. The zero-order valence-electron chi connectivity index (χ0n) is 14.6. The molecule has 1 heterocycles. The highest BCUT2D eigenvalue weighted by Gasteiger charge is 2.18. The molecule has 0 aromatic heterocycles. The van der Waals surface area contributed by atoms with Crippen LogP contribution in [0.5, 0.6) is 0 Å². The summed E-state index contributed by atoms with van der Waals surface area (Å²) >= 11 is 0. The number of rotatable bonds is 3. The van der Waals surface area contributed by atoms with Crippen LogP contribution in [-0.4, -0.2) is 42.9 Å². The molecule has 0 bridgehead atoms. The summed E-state index contributed by atoms with van der Waals surface area (Å²) < 4.78 is 9.65. The Morgan fingerprint density at radius 3 is 2.00 bits per heavy atom. The molecule has 1 amide bonds. The van der Waals surface area contributed by atoms with E-state index in [4.69, 9.17) is 4.74 Å². The van der Waals surface area contributed by atoms with Gasteiger partial charge in [0, 0.05) is 6.04 Å². The van der Waals surface area contributed by atoms with Crippen molar-refractivity contribution < 1.29 is 19.1 Å². The number of hydrazine groups is 1. The zero-order chi connectivity index (χ0) is 17.2. The van der Waals surface area contributed by atoms with Crippen molar-refractivity contribution >= 4 is 12.6 Å². The molecule has 1 aliphatic heterocycles. The average molecular weight is 317 g/mol. The van der Waals surface area contributed by atoms with E-state index in [2.05, 4.69) is 20.9 Å². The molecule has 130 valence electrons. The van der Waals surface area contributed by atoms with Gasteiger partial charge in [-0.2, -0.15) is 0 Å². The van der Waals surface area contributed by atoms with E-state index in [9.17, 15) is 9.59 Å². The summed E-state index contributed by atoms with van der Waals surface area (Å²) in [6.07, 6.45) is 1.63. The number of nitrogens with one attached hydrogen (secondary N) is 3. The Hall–Kier alpha value is -1.34. The van der Waals surface area contributed by atoms with Gasteiger partial charge < -0.3 is 14.8 Å². The van der Waals surface area contributed by atoms with Crippen molar-refractivity contribution in [2.45, 2.75) is 71.6 Å². The summed E-state index contributed by atoms with van der Waals surface area (Å²) in [5.41, 5.74) is 4.79. The summed E-state index contributed by atoms with van der Waals surface area (Å²) in [5, 5.41) is 3.26. The Morgan fingerprint density at radius 2 is 1.64 bits per heavy atom. The standard InChI is InChI=1S/C10H21N3O2.C5H10O2/c1-10(2,3)15-9(14)13-12-8-4-6-11-7-5-8;1-5(2,3)7-4-6/h8,11-12H,4-7H2,1-3H3,(H,13,14);4H,1-3H3. The second-order valence-electron chi connectivity index (χ2n) is 7.12. The van der Waals surface area contributed by atoms with Gasteiger partial charge in [-0.15, -0.1) is 0 Å². The summed E-state index contributed by atoms with van der Waals surface area (Å²) in [7, 11) is 0. The lowest BCUT2D eigenvalue weighted by molar-refractivity contribution is -0.138. The molecule has 1 saturated heterocycles. The normalized spacial score (nSPS) is 16.1. The van der Waals surface area contributed by atoms with Gasteiger partial charge >= 0.3 is 6.09 Å². The minimum absolute atomic E-state index is 0.318. The number of carbonyl (C=O) groups excluding carboxylic acids is 2. The van der Waals surface area contributed by atoms with Crippen LogP contribution >= 0.6 is 0 Å². The number of piperidine rings is 1. The molecule has 0 aromatic carbocycles. The molecular weight excluding hydrogens is 286 g/mol. The van der Waals surface area contributed by atoms with Gasteiger partial charge in [-0.05, 0) is 67.5 Å². The van der Waals surface area contributed by atoms with Crippen LogP contribution in [0.3, 0.4) is 0 Å². The van der Waals surface area contributed by atoms with E-state index >= 15 is 0 Å². The lowest BCUT2D eigenvalue weighted by Crippen LogP contribution is -2.49. The maximum atomic E-state index is 11.3. The molecular formula is C15H31N3O4. The van der Waals surface area contributed by atoms with Gasteiger partial charge in [0.1, 0.15) is 11.2 Å². The quantitative estimate of drug-likeness (QED) is 0.542. The Bertz CT molecular complexity index is 329. The van der Waals surface area contributed by atoms with Gasteiger partial charge in [0.25, 0.3) is 6.47 Å². The largest absolute Gasteiger partial charge is 0.462 e. The predicted octanol–water partition coefficient (Wildman–Crippen LogP) is 1.73. The van der Waals surface area contributed by atoms with E-state index < -0.39 is 11.7 Å². The number of amides is 1. The van der Waals surface area contributed by atoms with Crippen LogP contribution in [0.15, 0.2) is 0 Å². The predicted molar refractivity (Wildman–Crippen MR) is 85.3 cm³/mol. The summed E-state index contributed by atoms with van der Waals surface area (Å²) in [6.45, 7) is 13.4. The number of hydrogen-bond acceptors (Lipinski definition) is 6. The number of hydrogen-bond donors (Lipinski definition) is 3. The lowest BCUT2D eigenvalue weighted by atomic mass is 10.1. The van der Waals surface area contributed by atoms with Gasteiger partial charge in [0.15, 0.2) is 0 Å². The van der Waals surface area contributed by atoms with Crippen molar-refractivity contribution in [3.8, 4) is 0 Å². The van der Waals surface area contributed by atoms with E-state index in [0.717, 1.165) is 25.9 Å². The first kappa shape index (κ1) is 20.7. The van der Waals surface area contributed by atoms with Crippen LogP contribution in [0.2, 0.25) is 0 Å². The van der Waals surface area contributed by atoms with Crippen molar-refractivity contribution in [3.63, 3.8) is 0 Å². The molecule has 0 saturated carbocycles. The second-order valence-corrected chi connectivity index (χ2v) is 7.12. The van der Waals surface area contributed by atoms with Crippen molar-refractivity contribution in [3.05, 3.63) is 0 Å². The number of carbonyl (C=O) groups is 2. The second kappa shape index (κ2) is 9.63. The molecule has 0 aliphatic carbocycles. The molecule has 1 aliphatic rings. The first-order valence-corrected chi connectivity index (χ1v) is 7.60. The van der Waals surface area contributed by atoms with Crippen LogP contribution < -0.4 is 16.2 Å². The van der Waals surface area contributed by atoms with Crippen LogP contribution in [0.4, 0.5) is 4.79 Å². The molecule has 0 unspecified atom stereocenters. The van der Waals surface area contributed by atoms with Gasteiger partial charge in [0.2, 0.25) is 0 Å². The molecule has 0 aromatic rings. The molecule has 22 heavy (non-hydrogen) atoms. The van der Waals surface area contributed by atoms with Crippen LogP contribution in [0, 0.1) is 0 Å². The van der Waals surface area contributed by atoms with Crippen molar-refractivity contribution in [1.82, 2.24) is 16.2 Å². The molecule has 7 heteroatoms. The van der Waals surface area contributed by atoms with E-state index in [-0.39, 0.29) is 5.60 Å². The van der Waals surface area contributed by atoms with E-state index in [1.807, 2.05) is 41.5 Å². The van der Waals surface area contributed by atoms with E-state index in [0.29, 0.717) is 12.5 Å². The monoisotopic (exact) mass is 317 g/mol. The Morgan fingerprint density at radius 1 is 1.09 bits per heavy atom. The summed E-state index contributed by atoms with van der Waals surface area (Å²) in [6, 6.07) is 0.346. The van der Waals surface area contributed by atoms with Gasteiger partial charge in [-0.3, -0.25) is 10.2 Å². The van der Waals surface area contributed by atoms with E-state index in [1.165, 1.54) is 0 Å². The fraction of sp³-hybridized carbons (Fsp3) is 0.867. The smallest absolute Gasteiger partial charge is 0.422 e. The highest BCUT2D eigenvalue weighted by atomic mass is 16.6. The van der Waals surface area contributed by atoms with Crippen LogP contribution in [0.1, 0.15) is 54.4 Å². The Labute approximate surface area is 133 Å². The third-order valence-corrected chi connectivity index (χ3v) is 2.52. The fourth-order valence-electron chi connectivity index (χ4n) is 1.58. The zero-order valence-corrected chi connectivity index (χ0v) is 14.6. The van der Waals surface area contributed by atoms with Gasteiger partial charge in [-0.25, -0.2) is 10.2 Å². The minimum Gasteiger partial charge on any atom is -0.462 e. The van der Waals surface area contributed by atoms with Gasteiger partial charge in [-0.1, -0.05) is 0 Å². The first-order valence-electron chi connectivity index (χ1n) is 7.60. The van der Waals surface area contributed by atoms with Crippen molar-refractivity contribution in [1.29, 1.82) is 0 Å². The lowest BCUT2D eigenvalue weighted by Gasteiger charge is -2.25. The number of ether oxygens (including phenoxy) is 2. The van der Waals surface area contributed by atoms with Crippen LogP contribution in [0.25, 0.3) is 0 Å². The molecule has 0 atom stereocenters. The minimum atomic E-state index is -0.445. The van der Waals surface area contributed by atoms with E-state index in [1.54, 1.807) is 0 Å². The summed E-state index contributed by atoms with van der Waals surface area (Å²) in [4.78, 5) is 20.9. The fourth-order valence-corrected chi connectivity index (χ4v) is 1.58. The van der Waals surface area contributed by atoms with Crippen molar-refractivity contribution in [2.75, 3.05) is 13.1 Å².